The Morgan fingerprint density at radius 3 is 2.53 bits per heavy atom. The molecule has 0 saturated carbocycles. The third kappa shape index (κ3) is 5.80. The van der Waals surface area contributed by atoms with Gasteiger partial charge in [-0.1, -0.05) is 19.1 Å². The molecule has 0 fully saturated rings. The summed E-state index contributed by atoms with van der Waals surface area (Å²) in [6.07, 6.45) is 1.90. The first-order valence-corrected chi connectivity index (χ1v) is 6.31. The predicted molar refractivity (Wildman–Crippen MR) is 68.7 cm³/mol. The van der Waals surface area contributed by atoms with Crippen molar-refractivity contribution < 1.29 is 9.13 Å². The maximum absolute atomic E-state index is 12.8. The van der Waals surface area contributed by atoms with E-state index in [0.717, 1.165) is 38.2 Å². The number of benzene rings is 1. The molecular formula is C14H22FNO. The van der Waals surface area contributed by atoms with Gasteiger partial charge in [0.15, 0.2) is 0 Å². The van der Waals surface area contributed by atoms with E-state index in [1.165, 1.54) is 12.1 Å². The van der Waals surface area contributed by atoms with Gasteiger partial charge in [-0.2, -0.15) is 0 Å². The maximum atomic E-state index is 12.8. The second-order valence-corrected chi connectivity index (χ2v) is 4.07. The van der Waals surface area contributed by atoms with Crippen LogP contribution in [0, 0.1) is 5.82 Å². The molecule has 1 atom stereocenters. The fraction of sp³-hybridized carbons (Fsp3) is 0.571. The first kappa shape index (κ1) is 14.1. The molecule has 2 nitrogen and oxygen atoms in total. The highest BCUT2D eigenvalue weighted by molar-refractivity contribution is 5.17. The monoisotopic (exact) mass is 239 g/mol. The van der Waals surface area contributed by atoms with Crippen LogP contribution in [0.4, 0.5) is 4.39 Å². The summed E-state index contributed by atoms with van der Waals surface area (Å²) in [5.41, 5.74) is 1.16. The normalized spacial score (nSPS) is 12.6. The van der Waals surface area contributed by atoms with Gasteiger partial charge in [0.05, 0.1) is 0 Å². The molecule has 0 radical (unpaired) electrons. The molecule has 0 spiro atoms. The second kappa shape index (κ2) is 8.20. The summed E-state index contributed by atoms with van der Waals surface area (Å²) in [6.45, 7) is 6.57. The first-order chi connectivity index (χ1) is 8.26. The van der Waals surface area contributed by atoms with Gasteiger partial charge in [-0.05, 0) is 44.0 Å². The number of rotatable bonds is 8. The lowest BCUT2D eigenvalue weighted by Gasteiger charge is -2.17. The van der Waals surface area contributed by atoms with Crippen LogP contribution in [0.1, 0.15) is 25.8 Å². The zero-order valence-corrected chi connectivity index (χ0v) is 10.7. The van der Waals surface area contributed by atoms with Crippen molar-refractivity contribution in [1.82, 2.24) is 5.32 Å². The van der Waals surface area contributed by atoms with Gasteiger partial charge in [-0.3, -0.25) is 0 Å². The van der Waals surface area contributed by atoms with Crippen LogP contribution < -0.4 is 5.32 Å². The number of ether oxygens (including phenoxy) is 1. The SMILES string of the molecule is CCNC(CCOCC)Cc1ccc(F)cc1. The van der Waals surface area contributed by atoms with Crippen molar-refractivity contribution in [3.63, 3.8) is 0 Å². The Balaban J connectivity index is 2.44. The number of hydrogen-bond donors (Lipinski definition) is 1. The van der Waals surface area contributed by atoms with E-state index in [9.17, 15) is 4.39 Å². The lowest BCUT2D eigenvalue weighted by Crippen LogP contribution is -2.32. The van der Waals surface area contributed by atoms with Crippen molar-refractivity contribution in [3.8, 4) is 0 Å². The summed E-state index contributed by atoms with van der Waals surface area (Å²) >= 11 is 0. The Labute approximate surface area is 103 Å². The van der Waals surface area contributed by atoms with Crippen LogP contribution in [0.15, 0.2) is 24.3 Å². The lowest BCUT2D eigenvalue weighted by molar-refractivity contribution is 0.136. The van der Waals surface area contributed by atoms with Crippen LogP contribution in [0.2, 0.25) is 0 Å². The van der Waals surface area contributed by atoms with Gasteiger partial charge in [-0.25, -0.2) is 4.39 Å². The molecule has 0 aliphatic heterocycles. The minimum Gasteiger partial charge on any atom is -0.382 e. The van der Waals surface area contributed by atoms with Gasteiger partial charge in [0.25, 0.3) is 0 Å². The van der Waals surface area contributed by atoms with Crippen LogP contribution >= 0.6 is 0 Å². The van der Waals surface area contributed by atoms with Crippen LogP contribution in [0.5, 0.6) is 0 Å². The van der Waals surface area contributed by atoms with Crippen molar-refractivity contribution in [1.29, 1.82) is 0 Å². The molecule has 96 valence electrons. The molecule has 1 N–H and O–H groups in total. The molecule has 0 aliphatic carbocycles. The van der Waals surface area contributed by atoms with Crippen LogP contribution in [-0.2, 0) is 11.2 Å². The largest absolute Gasteiger partial charge is 0.382 e. The van der Waals surface area contributed by atoms with Gasteiger partial charge in [0, 0.05) is 19.3 Å². The van der Waals surface area contributed by atoms with Crippen molar-refractivity contribution in [2.75, 3.05) is 19.8 Å². The predicted octanol–water partition coefficient (Wildman–Crippen LogP) is 2.77. The minimum absolute atomic E-state index is 0.178. The third-order valence-electron chi connectivity index (χ3n) is 2.70. The highest BCUT2D eigenvalue weighted by Gasteiger charge is 2.08. The molecule has 1 unspecified atom stereocenters. The third-order valence-corrected chi connectivity index (χ3v) is 2.70. The Bertz CT molecular complexity index is 300. The zero-order valence-electron chi connectivity index (χ0n) is 10.7. The second-order valence-electron chi connectivity index (χ2n) is 4.07. The first-order valence-electron chi connectivity index (χ1n) is 6.31. The molecule has 0 amide bonds. The molecule has 0 bridgehead atoms. The molecule has 1 aromatic rings. The van der Waals surface area contributed by atoms with E-state index in [-0.39, 0.29) is 5.82 Å². The fourth-order valence-electron chi connectivity index (χ4n) is 1.84. The van der Waals surface area contributed by atoms with Crippen molar-refractivity contribution in [2.24, 2.45) is 0 Å². The Morgan fingerprint density at radius 2 is 1.94 bits per heavy atom. The summed E-state index contributed by atoms with van der Waals surface area (Å²) in [4.78, 5) is 0. The highest BCUT2D eigenvalue weighted by atomic mass is 19.1. The molecular weight excluding hydrogens is 217 g/mol. The van der Waals surface area contributed by atoms with Gasteiger partial charge >= 0.3 is 0 Å². The van der Waals surface area contributed by atoms with Gasteiger partial charge in [0.1, 0.15) is 5.82 Å². The molecule has 0 heterocycles. The van der Waals surface area contributed by atoms with E-state index < -0.39 is 0 Å². The zero-order chi connectivity index (χ0) is 12.5. The summed E-state index contributed by atoms with van der Waals surface area (Å²) < 4.78 is 18.2. The van der Waals surface area contributed by atoms with E-state index in [2.05, 4.69) is 12.2 Å². The van der Waals surface area contributed by atoms with E-state index >= 15 is 0 Å². The smallest absolute Gasteiger partial charge is 0.123 e. The van der Waals surface area contributed by atoms with Crippen LogP contribution in [0.3, 0.4) is 0 Å². The molecule has 1 rings (SSSR count). The summed E-state index contributed by atoms with van der Waals surface area (Å²) in [7, 11) is 0. The standard InChI is InChI=1S/C14H22FNO/c1-3-16-14(9-10-17-4-2)11-12-5-7-13(15)8-6-12/h5-8,14,16H,3-4,9-11H2,1-2H3. The molecule has 0 aliphatic rings. The van der Waals surface area contributed by atoms with Gasteiger partial charge < -0.3 is 10.1 Å². The molecule has 0 aromatic heterocycles. The molecule has 0 saturated heterocycles. The van der Waals surface area contributed by atoms with E-state index in [0.29, 0.717) is 6.04 Å². The van der Waals surface area contributed by atoms with Gasteiger partial charge in [-0.15, -0.1) is 0 Å². The maximum Gasteiger partial charge on any atom is 0.123 e. The Kier molecular flexibility index (Phi) is 6.82. The topological polar surface area (TPSA) is 21.3 Å². The number of nitrogens with one attached hydrogen (secondary N) is 1. The van der Waals surface area contributed by atoms with Crippen molar-refractivity contribution >= 4 is 0 Å². The average Bonchev–Trinajstić information content (AvgIpc) is 2.32. The summed E-state index contributed by atoms with van der Waals surface area (Å²) in [5, 5.41) is 3.43. The number of hydrogen-bond acceptors (Lipinski definition) is 2. The lowest BCUT2D eigenvalue weighted by atomic mass is 10.0. The minimum atomic E-state index is -0.178. The van der Waals surface area contributed by atoms with Crippen molar-refractivity contribution in [2.45, 2.75) is 32.7 Å². The molecule has 1 aromatic carbocycles. The number of halogens is 1. The van der Waals surface area contributed by atoms with Crippen LogP contribution in [0.25, 0.3) is 0 Å². The van der Waals surface area contributed by atoms with E-state index in [1.807, 2.05) is 19.1 Å². The number of likely N-dealkylation sites (N-methyl/N-ethyl adjacent to an activating group) is 1. The van der Waals surface area contributed by atoms with Crippen LogP contribution in [-0.4, -0.2) is 25.8 Å². The van der Waals surface area contributed by atoms with Gasteiger partial charge in [0.2, 0.25) is 0 Å². The fourth-order valence-corrected chi connectivity index (χ4v) is 1.84. The quantitative estimate of drug-likeness (QED) is 0.704. The average molecular weight is 239 g/mol. The Morgan fingerprint density at radius 1 is 1.24 bits per heavy atom. The van der Waals surface area contributed by atoms with E-state index in [4.69, 9.17) is 4.74 Å². The molecule has 3 heteroatoms. The summed E-state index contributed by atoms with van der Waals surface area (Å²) in [5.74, 6) is -0.178. The molecule has 17 heavy (non-hydrogen) atoms. The summed E-state index contributed by atoms with van der Waals surface area (Å²) in [6, 6.07) is 7.12. The Hall–Kier alpha value is -0.930. The van der Waals surface area contributed by atoms with E-state index in [1.54, 1.807) is 0 Å². The van der Waals surface area contributed by atoms with Crippen molar-refractivity contribution in [3.05, 3.63) is 35.6 Å². The highest BCUT2D eigenvalue weighted by Crippen LogP contribution is 2.08.